The molecule has 1 amide bonds. The second-order valence-corrected chi connectivity index (χ2v) is 6.55. The lowest BCUT2D eigenvalue weighted by molar-refractivity contribution is -0.134. The summed E-state index contributed by atoms with van der Waals surface area (Å²) in [6.07, 6.45) is 1.31. The van der Waals surface area contributed by atoms with Crippen LogP contribution in [0.15, 0.2) is 54.6 Å². The highest BCUT2D eigenvalue weighted by Crippen LogP contribution is 2.34. The largest absolute Gasteiger partial charge is 0.484 e. The van der Waals surface area contributed by atoms with Crippen molar-refractivity contribution in [3.05, 3.63) is 65.7 Å². The summed E-state index contributed by atoms with van der Waals surface area (Å²) in [7, 11) is 0. The van der Waals surface area contributed by atoms with Gasteiger partial charge in [0.1, 0.15) is 5.75 Å². The minimum Gasteiger partial charge on any atom is -0.484 e. The Hall–Kier alpha value is -2.80. The van der Waals surface area contributed by atoms with E-state index in [0.717, 1.165) is 11.1 Å². The molecule has 0 aromatic heterocycles. The van der Waals surface area contributed by atoms with Crippen molar-refractivity contribution in [3.8, 4) is 11.8 Å². The molecule has 3 rings (SSSR count). The molecule has 4 nitrogen and oxygen atoms in total. The SMILES string of the molecule is Cc1cccc(OCC(=O)N2CCC(C#N)(c3ccccc3)CC2)c1. The number of nitriles is 1. The number of piperidine rings is 1. The van der Waals surface area contributed by atoms with Gasteiger partial charge in [-0.15, -0.1) is 0 Å². The summed E-state index contributed by atoms with van der Waals surface area (Å²) in [4.78, 5) is 14.2. The first-order valence-corrected chi connectivity index (χ1v) is 8.57. The van der Waals surface area contributed by atoms with Crippen LogP contribution in [0.2, 0.25) is 0 Å². The Morgan fingerprint density at radius 3 is 2.52 bits per heavy atom. The average Bonchev–Trinajstić information content (AvgIpc) is 2.67. The van der Waals surface area contributed by atoms with Gasteiger partial charge in [-0.25, -0.2) is 0 Å². The van der Waals surface area contributed by atoms with Crippen LogP contribution in [0.4, 0.5) is 0 Å². The van der Waals surface area contributed by atoms with Gasteiger partial charge in [0.2, 0.25) is 0 Å². The molecular formula is C21H22N2O2. The first kappa shape index (κ1) is 17.0. The molecule has 1 heterocycles. The maximum absolute atomic E-state index is 12.4. The smallest absolute Gasteiger partial charge is 0.260 e. The summed E-state index contributed by atoms with van der Waals surface area (Å²) in [5.74, 6) is 0.683. The Labute approximate surface area is 148 Å². The van der Waals surface area contributed by atoms with Crippen LogP contribution < -0.4 is 4.74 Å². The minimum atomic E-state index is -0.491. The van der Waals surface area contributed by atoms with Gasteiger partial charge in [-0.3, -0.25) is 4.79 Å². The van der Waals surface area contributed by atoms with Crippen molar-refractivity contribution < 1.29 is 9.53 Å². The molecule has 128 valence electrons. The summed E-state index contributed by atoms with van der Waals surface area (Å²) >= 11 is 0. The van der Waals surface area contributed by atoms with E-state index in [9.17, 15) is 10.1 Å². The van der Waals surface area contributed by atoms with E-state index in [4.69, 9.17) is 4.74 Å². The molecule has 0 unspecified atom stereocenters. The number of carbonyl (C=O) groups is 1. The molecule has 0 radical (unpaired) electrons. The third kappa shape index (κ3) is 3.83. The van der Waals surface area contributed by atoms with Crippen LogP contribution >= 0.6 is 0 Å². The van der Waals surface area contributed by atoms with Gasteiger partial charge in [0.15, 0.2) is 6.61 Å². The number of ether oxygens (including phenoxy) is 1. The van der Waals surface area contributed by atoms with Crippen LogP contribution in [0.1, 0.15) is 24.0 Å². The molecule has 2 aromatic rings. The van der Waals surface area contributed by atoms with Gasteiger partial charge in [-0.1, -0.05) is 42.5 Å². The normalized spacial score (nSPS) is 16.1. The molecule has 1 fully saturated rings. The second kappa shape index (κ2) is 7.40. The Kier molecular flexibility index (Phi) is 5.04. The summed E-state index contributed by atoms with van der Waals surface area (Å²) in [6, 6.07) is 20.0. The fourth-order valence-corrected chi connectivity index (χ4v) is 3.30. The van der Waals surface area contributed by atoms with Crippen molar-refractivity contribution >= 4 is 5.91 Å². The van der Waals surface area contributed by atoms with E-state index in [2.05, 4.69) is 6.07 Å². The van der Waals surface area contributed by atoms with E-state index < -0.39 is 5.41 Å². The quantitative estimate of drug-likeness (QED) is 0.860. The molecule has 1 aliphatic heterocycles. The zero-order valence-electron chi connectivity index (χ0n) is 14.4. The Morgan fingerprint density at radius 1 is 1.16 bits per heavy atom. The number of rotatable bonds is 4. The summed E-state index contributed by atoms with van der Waals surface area (Å²) in [5.41, 5.74) is 1.65. The zero-order chi connectivity index (χ0) is 17.7. The first-order chi connectivity index (χ1) is 12.1. The van der Waals surface area contributed by atoms with E-state index in [1.807, 2.05) is 61.5 Å². The number of carbonyl (C=O) groups excluding carboxylic acids is 1. The molecule has 0 bridgehead atoms. The average molecular weight is 334 g/mol. The number of hydrogen-bond acceptors (Lipinski definition) is 3. The van der Waals surface area contributed by atoms with Crippen LogP contribution in [0, 0.1) is 18.3 Å². The molecule has 1 saturated heterocycles. The predicted octanol–water partition coefficient (Wildman–Crippen LogP) is 3.46. The van der Waals surface area contributed by atoms with E-state index >= 15 is 0 Å². The lowest BCUT2D eigenvalue weighted by Crippen LogP contribution is -2.46. The topological polar surface area (TPSA) is 53.3 Å². The van der Waals surface area contributed by atoms with Gasteiger partial charge in [0.05, 0.1) is 11.5 Å². The molecule has 0 saturated carbocycles. The van der Waals surface area contributed by atoms with Gasteiger partial charge in [-0.05, 0) is 43.0 Å². The van der Waals surface area contributed by atoms with Crippen molar-refractivity contribution in [1.82, 2.24) is 4.90 Å². The van der Waals surface area contributed by atoms with E-state index in [0.29, 0.717) is 31.7 Å². The highest BCUT2D eigenvalue weighted by Gasteiger charge is 2.37. The molecule has 1 aliphatic rings. The van der Waals surface area contributed by atoms with Crippen molar-refractivity contribution in [2.24, 2.45) is 0 Å². The highest BCUT2D eigenvalue weighted by molar-refractivity contribution is 5.78. The molecule has 4 heteroatoms. The summed E-state index contributed by atoms with van der Waals surface area (Å²) < 4.78 is 5.61. The Morgan fingerprint density at radius 2 is 1.88 bits per heavy atom. The number of amides is 1. The van der Waals surface area contributed by atoms with Crippen molar-refractivity contribution in [1.29, 1.82) is 5.26 Å². The first-order valence-electron chi connectivity index (χ1n) is 8.57. The number of nitrogens with zero attached hydrogens (tertiary/aromatic N) is 2. The molecule has 0 aliphatic carbocycles. The van der Waals surface area contributed by atoms with Crippen LogP contribution in [-0.4, -0.2) is 30.5 Å². The van der Waals surface area contributed by atoms with E-state index in [-0.39, 0.29) is 12.5 Å². The number of benzene rings is 2. The lowest BCUT2D eigenvalue weighted by Gasteiger charge is -2.37. The third-order valence-electron chi connectivity index (χ3n) is 4.86. The summed E-state index contributed by atoms with van der Waals surface area (Å²) in [5, 5.41) is 9.72. The van der Waals surface area contributed by atoms with Crippen LogP contribution in [0.25, 0.3) is 0 Å². The van der Waals surface area contributed by atoms with Gasteiger partial charge < -0.3 is 9.64 Å². The molecule has 0 atom stereocenters. The number of aryl methyl sites for hydroxylation is 1. The zero-order valence-corrected chi connectivity index (χ0v) is 14.4. The molecule has 0 N–H and O–H groups in total. The second-order valence-electron chi connectivity index (χ2n) is 6.55. The van der Waals surface area contributed by atoms with Crippen molar-refractivity contribution in [3.63, 3.8) is 0 Å². The van der Waals surface area contributed by atoms with Crippen molar-refractivity contribution in [2.75, 3.05) is 19.7 Å². The molecule has 2 aromatic carbocycles. The molecule has 25 heavy (non-hydrogen) atoms. The highest BCUT2D eigenvalue weighted by atomic mass is 16.5. The van der Waals surface area contributed by atoms with Crippen molar-refractivity contribution in [2.45, 2.75) is 25.2 Å². The van der Waals surface area contributed by atoms with Gasteiger partial charge in [-0.2, -0.15) is 5.26 Å². The summed E-state index contributed by atoms with van der Waals surface area (Å²) in [6.45, 7) is 3.19. The fourth-order valence-electron chi connectivity index (χ4n) is 3.30. The standard InChI is InChI=1S/C21H22N2O2/c1-17-6-5-9-19(14-17)25-15-20(24)23-12-10-21(16-22,11-13-23)18-7-3-2-4-8-18/h2-9,14H,10-13,15H2,1H3. The van der Waals surface area contributed by atoms with Gasteiger partial charge in [0, 0.05) is 13.1 Å². The Bertz CT molecular complexity index is 772. The number of likely N-dealkylation sites (tertiary alicyclic amines) is 1. The van der Waals surface area contributed by atoms with E-state index in [1.54, 1.807) is 4.90 Å². The number of hydrogen-bond donors (Lipinski definition) is 0. The fraction of sp³-hybridized carbons (Fsp3) is 0.333. The maximum Gasteiger partial charge on any atom is 0.260 e. The predicted molar refractivity (Wildman–Crippen MR) is 96.2 cm³/mol. The minimum absolute atomic E-state index is 0.0268. The van der Waals surface area contributed by atoms with Crippen LogP contribution in [0.3, 0.4) is 0 Å². The third-order valence-corrected chi connectivity index (χ3v) is 4.86. The molecular weight excluding hydrogens is 312 g/mol. The molecule has 0 spiro atoms. The van der Waals surface area contributed by atoms with Gasteiger partial charge >= 0.3 is 0 Å². The Balaban J connectivity index is 1.58. The van der Waals surface area contributed by atoms with Crippen LogP contribution in [0.5, 0.6) is 5.75 Å². The maximum atomic E-state index is 12.4. The van der Waals surface area contributed by atoms with Gasteiger partial charge in [0.25, 0.3) is 5.91 Å². The van der Waals surface area contributed by atoms with E-state index in [1.165, 1.54) is 0 Å². The van der Waals surface area contributed by atoms with Crippen LogP contribution in [-0.2, 0) is 10.2 Å². The monoisotopic (exact) mass is 334 g/mol. The lowest BCUT2D eigenvalue weighted by atomic mass is 9.74.